The zero-order chi connectivity index (χ0) is 29.8. The molecule has 1 saturated carbocycles. The average Bonchev–Trinajstić information content (AvgIpc) is 3.78. The lowest BCUT2D eigenvalue weighted by atomic mass is 9.83. The van der Waals surface area contributed by atoms with Crippen molar-refractivity contribution in [1.29, 1.82) is 0 Å². The molecule has 1 aromatic heterocycles. The van der Waals surface area contributed by atoms with E-state index in [2.05, 4.69) is 37.6 Å². The van der Waals surface area contributed by atoms with E-state index in [-0.39, 0.29) is 35.2 Å². The summed E-state index contributed by atoms with van der Waals surface area (Å²) in [5.74, 6) is -2.49. The van der Waals surface area contributed by atoms with Crippen molar-refractivity contribution in [3.05, 3.63) is 77.2 Å². The van der Waals surface area contributed by atoms with Gasteiger partial charge in [0.15, 0.2) is 11.6 Å². The second kappa shape index (κ2) is 12.8. The molecule has 1 fully saturated rings. The molecule has 0 saturated heterocycles. The number of esters is 1. The van der Waals surface area contributed by atoms with Crippen molar-refractivity contribution in [3.63, 3.8) is 0 Å². The van der Waals surface area contributed by atoms with Crippen LogP contribution in [0, 0.1) is 17.7 Å². The summed E-state index contributed by atoms with van der Waals surface area (Å²) >= 11 is 0. The van der Waals surface area contributed by atoms with E-state index < -0.39 is 23.7 Å². The van der Waals surface area contributed by atoms with Gasteiger partial charge in [-0.1, -0.05) is 19.1 Å². The number of hydrogen-bond donors (Lipinski definition) is 1. The SMILES string of the molecule is COc1cc(-c2cc(F)c(OC(=O)c3cccc([C@H](C4CC4)[C@H](C)C(=O)O)c3)cc2CN(C(C)C)C(C)C)ccn1. The van der Waals surface area contributed by atoms with Crippen LogP contribution >= 0.6 is 0 Å². The fraction of sp³-hybridized carbons (Fsp3) is 0.424. The quantitative estimate of drug-likeness (QED) is 0.189. The number of halogens is 1. The zero-order valence-electron chi connectivity index (χ0n) is 24.6. The first-order valence-electron chi connectivity index (χ1n) is 14.1. The molecule has 2 aromatic carbocycles. The van der Waals surface area contributed by atoms with Gasteiger partial charge in [0.1, 0.15) is 0 Å². The summed E-state index contributed by atoms with van der Waals surface area (Å²) in [5.41, 5.74) is 3.22. The van der Waals surface area contributed by atoms with Crippen LogP contribution in [0.25, 0.3) is 11.1 Å². The average molecular weight is 563 g/mol. The highest BCUT2D eigenvalue weighted by molar-refractivity contribution is 5.91. The van der Waals surface area contributed by atoms with E-state index in [9.17, 15) is 14.7 Å². The summed E-state index contributed by atoms with van der Waals surface area (Å²) in [6, 6.07) is 13.8. The van der Waals surface area contributed by atoms with Crippen LogP contribution in [0.3, 0.4) is 0 Å². The molecule has 4 rings (SSSR count). The van der Waals surface area contributed by atoms with Crippen LogP contribution in [-0.2, 0) is 11.3 Å². The van der Waals surface area contributed by atoms with Crippen LogP contribution in [0.1, 0.15) is 74.9 Å². The number of carboxylic acids is 1. The fourth-order valence-electron chi connectivity index (χ4n) is 5.53. The number of pyridine rings is 1. The lowest BCUT2D eigenvalue weighted by Crippen LogP contribution is -2.36. The number of carbonyl (C=O) groups is 2. The third-order valence-corrected chi connectivity index (χ3v) is 7.86. The molecule has 0 amide bonds. The number of benzene rings is 2. The maximum atomic E-state index is 15.5. The zero-order valence-corrected chi connectivity index (χ0v) is 24.6. The molecule has 1 aliphatic rings. The van der Waals surface area contributed by atoms with Gasteiger partial charge in [0.2, 0.25) is 5.88 Å². The van der Waals surface area contributed by atoms with Gasteiger partial charge >= 0.3 is 11.9 Å². The van der Waals surface area contributed by atoms with Crippen molar-refractivity contribution < 1.29 is 28.6 Å². The Labute approximate surface area is 241 Å². The van der Waals surface area contributed by atoms with Crippen molar-refractivity contribution in [2.24, 2.45) is 11.8 Å². The van der Waals surface area contributed by atoms with Crippen LogP contribution in [0.4, 0.5) is 4.39 Å². The molecule has 0 unspecified atom stereocenters. The first kappa shape index (κ1) is 30.2. The lowest BCUT2D eigenvalue weighted by Gasteiger charge is -2.31. The van der Waals surface area contributed by atoms with E-state index in [4.69, 9.17) is 9.47 Å². The van der Waals surface area contributed by atoms with Gasteiger partial charge in [-0.05, 0) is 105 Å². The highest BCUT2D eigenvalue weighted by Crippen LogP contribution is 2.47. The molecule has 218 valence electrons. The number of methoxy groups -OCH3 is 1. The Bertz CT molecular complexity index is 1390. The Hall–Kier alpha value is -3.78. The minimum absolute atomic E-state index is 0.162. The fourth-order valence-corrected chi connectivity index (χ4v) is 5.53. The predicted octanol–water partition coefficient (Wildman–Crippen LogP) is 6.95. The summed E-state index contributed by atoms with van der Waals surface area (Å²) < 4.78 is 26.5. The number of hydrogen-bond acceptors (Lipinski definition) is 6. The van der Waals surface area contributed by atoms with Crippen LogP contribution in [0.15, 0.2) is 54.7 Å². The van der Waals surface area contributed by atoms with Gasteiger partial charge in [-0.15, -0.1) is 0 Å². The molecule has 2 atom stereocenters. The van der Waals surface area contributed by atoms with E-state index in [1.807, 2.05) is 6.07 Å². The predicted molar refractivity (Wildman–Crippen MR) is 156 cm³/mol. The molecule has 1 N–H and O–H groups in total. The van der Waals surface area contributed by atoms with Gasteiger partial charge in [0, 0.05) is 30.9 Å². The Morgan fingerprint density at radius 1 is 1.05 bits per heavy atom. The second-order valence-corrected chi connectivity index (χ2v) is 11.4. The summed E-state index contributed by atoms with van der Waals surface area (Å²) in [4.78, 5) is 31.5. The molecule has 1 aliphatic carbocycles. The molecule has 8 heteroatoms. The van der Waals surface area contributed by atoms with E-state index in [0.29, 0.717) is 18.0 Å². The lowest BCUT2D eigenvalue weighted by molar-refractivity contribution is -0.142. The minimum Gasteiger partial charge on any atom is -0.481 e. The van der Waals surface area contributed by atoms with Crippen molar-refractivity contribution in [1.82, 2.24) is 9.88 Å². The first-order valence-corrected chi connectivity index (χ1v) is 14.1. The van der Waals surface area contributed by atoms with E-state index in [1.165, 1.54) is 13.2 Å². The number of rotatable bonds is 12. The standard InChI is InChI=1S/C33H39FN2O5/c1-19(2)36(20(3)4)18-26-15-29(28(34)17-27(26)23-12-13-35-30(16-23)40-6)41-33(39)25-9-7-8-24(14-25)31(22-10-11-22)21(5)32(37)38/h7-9,12-17,19-22,31H,10-11,18H2,1-6H3,(H,37,38)/t21-,31-/m0/s1. The molecule has 1 heterocycles. The maximum Gasteiger partial charge on any atom is 0.343 e. The number of aromatic nitrogens is 1. The van der Waals surface area contributed by atoms with Gasteiger partial charge in [0.25, 0.3) is 0 Å². The topological polar surface area (TPSA) is 89.0 Å². The van der Waals surface area contributed by atoms with Crippen molar-refractivity contribution in [2.45, 2.75) is 72.0 Å². The maximum absolute atomic E-state index is 15.5. The van der Waals surface area contributed by atoms with Crippen LogP contribution in [0.2, 0.25) is 0 Å². The smallest absolute Gasteiger partial charge is 0.343 e. The molecular weight excluding hydrogens is 523 g/mol. The van der Waals surface area contributed by atoms with Gasteiger partial charge in [0.05, 0.1) is 18.6 Å². The van der Waals surface area contributed by atoms with Crippen LogP contribution in [-0.4, -0.2) is 46.1 Å². The van der Waals surface area contributed by atoms with Crippen molar-refractivity contribution in [3.8, 4) is 22.8 Å². The molecule has 3 aromatic rings. The van der Waals surface area contributed by atoms with E-state index in [0.717, 1.165) is 29.5 Å². The van der Waals surface area contributed by atoms with Crippen molar-refractivity contribution in [2.75, 3.05) is 7.11 Å². The highest BCUT2D eigenvalue weighted by Gasteiger charge is 2.38. The number of carbonyl (C=O) groups excluding carboxylic acids is 1. The van der Waals surface area contributed by atoms with Gasteiger partial charge < -0.3 is 14.6 Å². The minimum atomic E-state index is -0.867. The third kappa shape index (κ3) is 7.11. The first-order chi connectivity index (χ1) is 19.5. The monoisotopic (exact) mass is 562 g/mol. The Morgan fingerprint density at radius 2 is 1.76 bits per heavy atom. The van der Waals surface area contributed by atoms with Gasteiger partial charge in [-0.2, -0.15) is 0 Å². The van der Waals surface area contributed by atoms with Crippen LogP contribution in [0.5, 0.6) is 11.6 Å². The Balaban J connectivity index is 1.69. The van der Waals surface area contributed by atoms with E-state index in [1.54, 1.807) is 49.5 Å². The number of nitrogens with zero attached hydrogens (tertiary/aromatic N) is 2. The molecular formula is C33H39FN2O5. The molecule has 7 nitrogen and oxygen atoms in total. The summed E-state index contributed by atoms with van der Waals surface area (Å²) in [6.07, 6.45) is 3.54. The Morgan fingerprint density at radius 3 is 2.37 bits per heavy atom. The number of ether oxygens (including phenoxy) is 2. The second-order valence-electron chi connectivity index (χ2n) is 11.4. The highest BCUT2D eigenvalue weighted by atomic mass is 19.1. The summed E-state index contributed by atoms with van der Waals surface area (Å²) in [6.45, 7) is 10.6. The summed E-state index contributed by atoms with van der Waals surface area (Å²) in [7, 11) is 1.53. The molecule has 0 radical (unpaired) electrons. The van der Waals surface area contributed by atoms with E-state index >= 15 is 4.39 Å². The molecule has 0 aliphatic heterocycles. The van der Waals surface area contributed by atoms with Gasteiger partial charge in [-0.3, -0.25) is 9.69 Å². The third-order valence-electron chi connectivity index (χ3n) is 7.86. The number of aliphatic carboxylic acids is 1. The largest absolute Gasteiger partial charge is 0.481 e. The van der Waals surface area contributed by atoms with Crippen molar-refractivity contribution >= 4 is 11.9 Å². The van der Waals surface area contributed by atoms with Crippen LogP contribution < -0.4 is 9.47 Å². The van der Waals surface area contributed by atoms with Gasteiger partial charge in [-0.25, -0.2) is 14.2 Å². The number of carboxylic acid groups (broad SMARTS) is 1. The molecule has 41 heavy (non-hydrogen) atoms. The molecule has 0 spiro atoms. The normalized spacial score (nSPS) is 14.8. The molecule has 0 bridgehead atoms. The summed E-state index contributed by atoms with van der Waals surface area (Å²) in [5, 5.41) is 9.64. The Kier molecular flexibility index (Phi) is 9.43.